The van der Waals surface area contributed by atoms with Crippen LogP contribution < -0.4 is 0 Å². The van der Waals surface area contributed by atoms with Gasteiger partial charge in [0.2, 0.25) is 0 Å². The minimum absolute atomic E-state index is 0.0818. The van der Waals surface area contributed by atoms with E-state index in [2.05, 4.69) is 93.7 Å². The summed E-state index contributed by atoms with van der Waals surface area (Å²) in [6.07, 6.45) is 77.5. The second-order valence-corrected chi connectivity index (χ2v) is 20.6. The van der Waals surface area contributed by atoms with E-state index in [0.29, 0.717) is 19.3 Å². The molecule has 0 rings (SSSR count). The van der Waals surface area contributed by atoms with Gasteiger partial charge in [-0.3, -0.25) is 14.4 Å². The molecule has 0 aliphatic rings. The van der Waals surface area contributed by atoms with Gasteiger partial charge in [-0.2, -0.15) is 0 Å². The van der Waals surface area contributed by atoms with Gasteiger partial charge in [0.1, 0.15) is 13.2 Å². The number of allylic oxidation sites excluding steroid dienone is 12. The van der Waals surface area contributed by atoms with Crippen molar-refractivity contribution in [1.82, 2.24) is 0 Å². The van der Waals surface area contributed by atoms with E-state index in [-0.39, 0.29) is 31.1 Å². The lowest BCUT2D eigenvalue weighted by atomic mass is 10.0. The van der Waals surface area contributed by atoms with E-state index in [1.165, 1.54) is 161 Å². The maximum absolute atomic E-state index is 12.9. The molecule has 0 aromatic rings. The van der Waals surface area contributed by atoms with Crippen LogP contribution in [-0.2, 0) is 28.6 Å². The average molecular weight is 1010 g/mol. The Bertz CT molecular complexity index is 1340. The van der Waals surface area contributed by atoms with Crippen LogP contribution in [0.25, 0.3) is 0 Å². The molecule has 0 aromatic heterocycles. The summed E-state index contributed by atoms with van der Waals surface area (Å²) in [5.41, 5.74) is 0. The number of rotatable bonds is 56. The lowest BCUT2D eigenvalue weighted by Gasteiger charge is -2.18. The van der Waals surface area contributed by atoms with Crippen molar-refractivity contribution in [2.24, 2.45) is 0 Å². The third-order valence-electron chi connectivity index (χ3n) is 13.4. The molecule has 0 N–H and O–H groups in total. The first-order chi connectivity index (χ1) is 35.5. The van der Waals surface area contributed by atoms with Crippen molar-refractivity contribution in [1.29, 1.82) is 0 Å². The van der Waals surface area contributed by atoms with Gasteiger partial charge in [-0.1, -0.05) is 273 Å². The number of hydrogen-bond donors (Lipinski definition) is 0. The van der Waals surface area contributed by atoms with Gasteiger partial charge in [-0.05, 0) is 89.9 Å². The monoisotopic (exact) mass is 1000 g/mol. The van der Waals surface area contributed by atoms with Crippen LogP contribution in [-0.4, -0.2) is 37.2 Å². The molecule has 0 saturated carbocycles. The quantitative estimate of drug-likeness (QED) is 0.0261. The Morgan fingerprint density at radius 1 is 0.292 bits per heavy atom. The predicted octanol–water partition coefficient (Wildman–Crippen LogP) is 20.9. The van der Waals surface area contributed by atoms with E-state index in [1.54, 1.807) is 0 Å². The Balaban J connectivity index is 4.37. The summed E-state index contributed by atoms with van der Waals surface area (Å²) < 4.78 is 16.9. The fourth-order valence-corrected chi connectivity index (χ4v) is 8.82. The smallest absolute Gasteiger partial charge is 0.306 e. The van der Waals surface area contributed by atoms with Crippen molar-refractivity contribution in [3.8, 4) is 0 Å². The summed E-state index contributed by atoms with van der Waals surface area (Å²) in [6, 6.07) is 0. The summed E-state index contributed by atoms with van der Waals surface area (Å²) in [6.45, 7) is 6.52. The highest BCUT2D eigenvalue weighted by molar-refractivity contribution is 5.71. The van der Waals surface area contributed by atoms with Crippen LogP contribution in [0.3, 0.4) is 0 Å². The summed E-state index contributed by atoms with van der Waals surface area (Å²) in [7, 11) is 0. The topological polar surface area (TPSA) is 78.9 Å². The van der Waals surface area contributed by atoms with Gasteiger partial charge < -0.3 is 14.2 Å². The zero-order valence-corrected chi connectivity index (χ0v) is 47.7. The van der Waals surface area contributed by atoms with Gasteiger partial charge in [0.25, 0.3) is 0 Å². The predicted molar refractivity (Wildman–Crippen MR) is 311 cm³/mol. The molecular formula is C66H116O6. The Labute approximate surface area is 446 Å². The fraction of sp³-hybridized carbons (Fsp3) is 0.773. The molecule has 1 unspecified atom stereocenters. The molecule has 0 spiro atoms. The molecule has 0 aliphatic heterocycles. The highest BCUT2D eigenvalue weighted by atomic mass is 16.6. The van der Waals surface area contributed by atoms with E-state index >= 15 is 0 Å². The molecule has 0 aliphatic carbocycles. The second-order valence-electron chi connectivity index (χ2n) is 20.6. The first-order valence-corrected chi connectivity index (χ1v) is 30.9. The summed E-state index contributed by atoms with van der Waals surface area (Å²) in [5.74, 6) is -0.888. The largest absolute Gasteiger partial charge is 0.462 e. The average Bonchev–Trinajstić information content (AvgIpc) is 3.38. The lowest BCUT2D eigenvalue weighted by Crippen LogP contribution is -2.30. The van der Waals surface area contributed by atoms with Crippen molar-refractivity contribution in [3.05, 3.63) is 72.9 Å². The number of esters is 3. The van der Waals surface area contributed by atoms with Gasteiger partial charge in [0, 0.05) is 19.3 Å². The number of carbonyl (C=O) groups excluding carboxylic acids is 3. The van der Waals surface area contributed by atoms with Crippen LogP contribution in [0.1, 0.15) is 310 Å². The molecule has 6 nitrogen and oxygen atoms in total. The van der Waals surface area contributed by atoms with Gasteiger partial charge in [0.05, 0.1) is 0 Å². The minimum atomic E-state index is -0.784. The van der Waals surface area contributed by atoms with Gasteiger partial charge in [-0.25, -0.2) is 0 Å². The summed E-state index contributed by atoms with van der Waals surface area (Å²) in [4.78, 5) is 38.3. The van der Waals surface area contributed by atoms with Crippen molar-refractivity contribution in [2.45, 2.75) is 316 Å². The molecule has 0 radical (unpaired) electrons. The number of hydrogen-bond acceptors (Lipinski definition) is 6. The minimum Gasteiger partial charge on any atom is -0.462 e. The van der Waals surface area contributed by atoms with E-state index in [1.807, 2.05) is 0 Å². The Hall–Kier alpha value is -3.15. The van der Waals surface area contributed by atoms with Crippen LogP contribution in [0.15, 0.2) is 72.9 Å². The molecule has 0 fully saturated rings. The summed E-state index contributed by atoms with van der Waals surface area (Å²) in [5, 5.41) is 0. The molecule has 0 amide bonds. The summed E-state index contributed by atoms with van der Waals surface area (Å²) >= 11 is 0. The normalized spacial score (nSPS) is 12.5. The first kappa shape index (κ1) is 68.8. The fourth-order valence-electron chi connectivity index (χ4n) is 8.82. The van der Waals surface area contributed by atoms with Gasteiger partial charge >= 0.3 is 17.9 Å². The van der Waals surface area contributed by atoms with Crippen LogP contribution >= 0.6 is 0 Å². The molecule has 0 aromatic carbocycles. The molecule has 72 heavy (non-hydrogen) atoms. The number of carbonyl (C=O) groups is 3. The molecule has 0 bridgehead atoms. The molecule has 6 heteroatoms. The SMILES string of the molecule is CC/C=C\C/C=C\C/C=C\C/C=C\CCCCCCCCCCC(=O)OCC(COC(=O)CCCCCCC/C=C\C/C=C\CCCCC)OC(=O)CCCCCCCCCCCCCCCCCCCC. The molecule has 0 heterocycles. The Kier molecular flexibility index (Phi) is 57.8. The molecule has 1 atom stereocenters. The number of unbranched alkanes of at least 4 members (excludes halogenated alkanes) is 33. The lowest BCUT2D eigenvalue weighted by molar-refractivity contribution is -0.167. The second kappa shape index (κ2) is 60.4. The maximum atomic E-state index is 12.9. The molecule has 0 saturated heterocycles. The van der Waals surface area contributed by atoms with Crippen LogP contribution in [0.2, 0.25) is 0 Å². The van der Waals surface area contributed by atoms with E-state index in [9.17, 15) is 14.4 Å². The van der Waals surface area contributed by atoms with Crippen LogP contribution in [0, 0.1) is 0 Å². The highest BCUT2D eigenvalue weighted by Crippen LogP contribution is 2.17. The van der Waals surface area contributed by atoms with Crippen molar-refractivity contribution >= 4 is 17.9 Å². The Morgan fingerprint density at radius 2 is 0.542 bits per heavy atom. The Morgan fingerprint density at radius 3 is 0.875 bits per heavy atom. The van der Waals surface area contributed by atoms with Crippen LogP contribution in [0.5, 0.6) is 0 Å². The molecular weight excluding hydrogens is 889 g/mol. The third-order valence-corrected chi connectivity index (χ3v) is 13.4. The van der Waals surface area contributed by atoms with Crippen molar-refractivity contribution in [2.75, 3.05) is 13.2 Å². The first-order valence-electron chi connectivity index (χ1n) is 30.9. The molecule has 416 valence electrons. The highest BCUT2D eigenvalue weighted by Gasteiger charge is 2.19. The van der Waals surface area contributed by atoms with E-state index in [4.69, 9.17) is 14.2 Å². The van der Waals surface area contributed by atoms with E-state index < -0.39 is 6.10 Å². The van der Waals surface area contributed by atoms with Crippen LogP contribution in [0.4, 0.5) is 0 Å². The van der Waals surface area contributed by atoms with E-state index in [0.717, 1.165) is 109 Å². The maximum Gasteiger partial charge on any atom is 0.306 e. The third kappa shape index (κ3) is 57.7. The van der Waals surface area contributed by atoms with Gasteiger partial charge in [0.15, 0.2) is 6.10 Å². The zero-order chi connectivity index (χ0) is 52.2. The standard InChI is InChI=1S/C66H116O6/c1-4-7-10-13-16-19-22-25-28-30-32-33-34-36-38-41-44-47-50-53-56-59-65(68)71-62-63(61-70-64(67)58-55-52-49-46-43-40-37-27-24-21-18-15-12-9-6-3)72-66(69)60-57-54-51-48-45-42-39-35-31-29-26-23-20-17-14-11-8-5-2/h7,10,16,18-19,21,25,27-28,32-33,37,63H,4-6,8-9,11-15,17,20,22-24,26,29-31,34-36,38-62H2,1-3H3/b10-7-,19-16-,21-18-,28-25-,33-32-,37-27-. The van der Waals surface area contributed by atoms with Crippen molar-refractivity contribution < 1.29 is 28.6 Å². The zero-order valence-electron chi connectivity index (χ0n) is 47.7. The number of ether oxygens (including phenoxy) is 3. The van der Waals surface area contributed by atoms with Crippen molar-refractivity contribution in [3.63, 3.8) is 0 Å². The van der Waals surface area contributed by atoms with Gasteiger partial charge in [-0.15, -0.1) is 0 Å².